The van der Waals surface area contributed by atoms with Crippen molar-refractivity contribution in [3.05, 3.63) is 28.7 Å². The highest BCUT2D eigenvalue weighted by molar-refractivity contribution is 9.10. The van der Waals surface area contributed by atoms with Gasteiger partial charge in [-0.1, -0.05) is 12.1 Å². The Bertz CT molecular complexity index is 372. The van der Waals surface area contributed by atoms with Crippen LogP contribution in [0, 0.1) is 0 Å². The SMILES string of the molecule is CCOC1CC(Nc2ccccc2Br)C1OC. The minimum absolute atomic E-state index is 0.141. The van der Waals surface area contributed by atoms with Crippen molar-refractivity contribution in [3.8, 4) is 0 Å². The standard InChI is InChI=1S/C13H18BrNO2/c1-3-17-12-8-11(13(12)16-2)15-10-7-5-4-6-9(10)14/h4-7,11-13,15H,3,8H2,1-2H3. The summed E-state index contributed by atoms with van der Waals surface area (Å²) in [5.41, 5.74) is 1.11. The molecular formula is C13H18BrNO2. The second-order valence-electron chi connectivity index (χ2n) is 4.16. The van der Waals surface area contributed by atoms with Crippen molar-refractivity contribution >= 4 is 21.6 Å². The molecule has 1 aliphatic carbocycles. The van der Waals surface area contributed by atoms with Crippen molar-refractivity contribution in [2.75, 3.05) is 19.0 Å². The van der Waals surface area contributed by atoms with Gasteiger partial charge < -0.3 is 14.8 Å². The van der Waals surface area contributed by atoms with Crippen LogP contribution in [0.15, 0.2) is 28.7 Å². The van der Waals surface area contributed by atoms with Gasteiger partial charge in [-0.15, -0.1) is 0 Å². The first-order valence-corrected chi connectivity index (χ1v) is 6.71. The molecular weight excluding hydrogens is 282 g/mol. The van der Waals surface area contributed by atoms with E-state index in [0.29, 0.717) is 6.04 Å². The van der Waals surface area contributed by atoms with Gasteiger partial charge in [0.2, 0.25) is 0 Å². The van der Waals surface area contributed by atoms with E-state index in [-0.39, 0.29) is 12.2 Å². The largest absolute Gasteiger partial charge is 0.379 e. The molecule has 1 saturated carbocycles. The van der Waals surface area contributed by atoms with Crippen LogP contribution in [0.1, 0.15) is 13.3 Å². The van der Waals surface area contributed by atoms with Gasteiger partial charge in [-0.05, 0) is 41.4 Å². The molecule has 3 unspecified atom stereocenters. The predicted octanol–water partition coefficient (Wildman–Crippen LogP) is 3.05. The van der Waals surface area contributed by atoms with Crippen molar-refractivity contribution in [1.29, 1.82) is 0 Å². The van der Waals surface area contributed by atoms with Crippen LogP contribution in [0.4, 0.5) is 5.69 Å². The average Bonchev–Trinajstić information content (AvgIpc) is 2.30. The Morgan fingerprint density at radius 2 is 2.18 bits per heavy atom. The van der Waals surface area contributed by atoms with Crippen molar-refractivity contribution in [2.45, 2.75) is 31.6 Å². The van der Waals surface area contributed by atoms with E-state index in [1.54, 1.807) is 7.11 Å². The first-order chi connectivity index (χ1) is 8.26. The fourth-order valence-electron chi connectivity index (χ4n) is 2.19. The third-order valence-electron chi connectivity index (χ3n) is 3.12. The Morgan fingerprint density at radius 3 is 2.82 bits per heavy atom. The first kappa shape index (κ1) is 12.9. The molecule has 0 aliphatic heterocycles. The molecule has 1 aromatic carbocycles. The monoisotopic (exact) mass is 299 g/mol. The van der Waals surface area contributed by atoms with E-state index in [1.165, 1.54) is 0 Å². The Labute approximate surface area is 111 Å². The van der Waals surface area contributed by atoms with E-state index in [9.17, 15) is 0 Å². The molecule has 3 nitrogen and oxygen atoms in total. The van der Waals surface area contributed by atoms with Crippen LogP contribution in [0.25, 0.3) is 0 Å². The van der Waals surface area contributed by atoms with E-state index in [0.717, 1.165) is 23.2 Å². The number of methoxy groups -OCH3 is 1. The third kappa shape index (κ3) is 2.81. The molecule has 0 amide bonds. The minimum Gasteiger partial charge on any atom is -0.379 e. The molecule has 0 heterocycles. The van der Waals surface area contributed by atoms with Gasteiger partial charge in [0.25, 0.3) is 0 Å². The highest BCUT2D eigenvalue weighted by atomic mass is 79.9. The van der Waals surface area contributed by atoms with E-state index >= 15 is 0 Å². The number of hydrogen-bond donors (Lipinski definition) is 1. The Morgan fingerprint density at radius 1 is 1.41 bits per heavy atom. The van der Waals surface area contributed by atoms with Gasteiger partial charge >= 0.3 is 0 Å². The van der Waals surface area contributed by atoms with Crippen LogP contribution in [-0.2, 0) is 9.47 Å². The second kappa shape index (κ2) is 5.85. The smallest absolute Gasteiger partial charge is 0.103 e. The summed E-state index contributed by atoms with van der Waals surface area (Å²) in [5, 5.41) is 3.48. The van der Waals surface area contributed by atoms with Crippen LogP contribution in [0.2, 0.25) is 0 Å². The normalized spacial score (nSPS) is 27.6. The quantitative estimate of drug-likeness (QED) is 0.906. The Balaban J connectivity index is 1.95. The molecule has 0 spiro atoms. The lowest BCUT2D eigenvalue weighted by atomic mass is 9.85. The number of hydrogen-bond acceptors (Lipinski definition) is 3. The van der Waals surface area contributed by atoms with Crippen molar-refractivity contribution in [3.63, 3.8) is 0 Å². The highest BCUT2D eigenvalue weighted by Crippen LogP contribution is 2.32. The molecule has 3 atom stereocenters. The minimum atomic E-state index is 0.141. The molecule has 0 radical (unpaired) electrons. The number of anilines is 1. The summed E-state index contributed by atoms with van der Waals surface area (Å²) in [6, 6.07) is 8.45. The lowest BCUT2D eigenvalue weighted by Gasteiger charge is -2.43. The Kier molecular flexibility index (Phi) is 4.42. The number of halogens is 1. The summed E-state index contributed by atoms with van der Waals surface area (Å²) in [6.45, 7) is 2.76. The summed E-state index contributed by atoms with van der Waals surface area (Å²) in [5.74, 6) is 0. The van der Waals surface area contributed by atoms with Gasteiger partial charge in [0.05, 0.1) is 12.1 Å². The molecule has 94 valence electrons. The van der Waals surface area contributed by atoms with Crippen LogP contribution in [0.5, 0.6) is 0 Å². The maximum atomic E-state index is 5.60. The first-order valence-electron chi connectivity index (χ1n) is 5.91. The lowest BCUT2D eigenvalue weighted by Crippen LogP contribution is -2.56. The molecule has 4 heteroatoms. The zero-order valence-electron chi connectivity index (χ0n) is 10.2. The van der Waals surface area contributed by atoms with Gasteiger partial charge in [0.1, 0.15) is 6.10 Å². The van der Waals surface area contributed by atoms with Gasteiger partial charge in [-0.25, -0.2) is 0 Å². The van der Waals surface area contributed by atoms with E-state index in [2.05, 4.69) is 27.3 Å². The summed E-state index contributed by atoms with van der Waals surface area (Å²) >= 11 is 3.53. The number of nitrogens with one attached hydrogen (secondary N) is 1. The topological polar surface area (TPSA) is 30.5 Å². The number of benzene rings is 1. The fraction of sp³-hybridized carbons (Fsp3) is 0.538. The van der Waals surface area contributed by atoms with Crippen LogP contribution < -0.4 is 5.32 Å². The zero-order valence-corrected chi connectivity index (χ0v) is 11.7. The predicted molar refractivity (Wildman–Crippen MR) is 72.4 cm³/mol. The maximum Gasteiger partial charge on any atom is 0.103 e. The summed E-state index contributed by atoms with van der Waals surface area (Å²) in [6.07, 6.45) is 1.36. The molecule has 0 aromatic heterocycles. The van der Waals surface area contributed by atoms with Crippen molar-refractivity contribution in [1.82, 2.24) is 0 Å². The van der Waals surface area contributed by atoms with E-state index < -0.39 is 0 Å². The lowest BCUT2D eigenvalue weighted by molar-refractivity contribution is -0.118. The molecule has 1 fully saturated rings. The molecule has 1 aliphatic rings. The van der Waals surface area contributed by atoms with Gasteiger partial charge in [-0.3, -0.25) is 0 Å². The summed E-state index contributed by atoms with van der Waals surface area (Å²) < 4.78 is 12.2. The maximum absolute atomic E-state index is 5.60. The molecule has 1 N–H and O–H groups in total. The van der Waals surface area contributed by atoms with Crippen molar-refractivity contribution in [2.24, 2.45) is 0 Å². The van der Waals surface area contributed by atoms with Crippen LogP contribution in [0.3, 0.4) is 0 Å². The fourth-order valence-corrected chi connectivity index (χ4v) is 2.59. The van der Waals surface area contributed by atoms with E-state index in [4.69, 9.17) is 9.47 Å². The van der Waals surface area contributed by atoms with E-state index in [1.807, 2.05) is 25.1 Å². The molecule has 1 aromatic rings. The molecule has 17 heavy (non-hydrogen) atoms. The molecule has 2 rings (SSSR count). The number of para-hydroxylation sites is 1. The second-order valence-corrected chi connectivity index (χ2v) is 5.01. The molecule has 0 saturated heterocycles. The van der Waals surface area contributed by atoms with Gasteiger partial charge in [-0.2, -0.15) is 0 Å². The van der Waals surface area contributed by atoms with Gasteiger partial charge in [0.15, 0.2) is 0 Å². The number of ether oxygens (including phenoxy) is 2. The molecule has 0 bridgehead atoms. The summed E-state index contributed by atoms with van der Waals surface area (Å²) in [4.78, 5) is 0. The van der Waals surface area contributed by atoms with Crippen molar-refractivity contribution < 1.29 is 9.47 Å². The Hall–Kier alpha value is -0.580. The van der Waals surface area contributed by atoms with Gasteiger partial charge in [0, 0.05) is 23.9 Å². The highest BCUT2D eigenvalue weighted by Gasteiger charge is 2.42. The third-order valence-corrected chi connectivity index (χ3v) is 3.81. The summed E-state index contributed by atoms with van der Waals surface area (Å²) in [7, 11) is 1.74. The zero-order chi connectivity index (χ0) is 12.3. The van der Waals surface area contributed by atoms with Crippen LogP contribution in [-0.4, -0.2) is 32.0 Å². The average molecular weight is 300 g/mol. The number of rotatable bonds is 5. The van der Waals surface area contributed by atoms with Crippen LogP contribution >= 0.6 is 15.9 Å².